The zero-order valence-electron chi connectivity index (χ0n) is 23.5. The summed E-state index contributed by atoms with van der Waals surface area (Å²) in [5, 5.41) is 0.731. The third-order valence-corrected chi connectivity index (χ3v) is 8.16. The summed E-state index contributed by atoms with van der Waals surface area (Å²) in [4.78, 5) is 26.1. The molecule has 2 aliphatic rings. The topological polar surface area (TPSA) is 89.5 Å². The number of hydrogen-bond donors (Lipinski definition) is 1. The lowest BCUT2D eigenvalue weighted by Crippen LogP contribution is -2.28. The molecule has 41 heavy (non-hydrogen) atoms. The second-order valence-corrected chi connectivity index (χ2v) is 11.0. The number of fused-ring (bicyclic) bond motifs is 1. The molecular weight excluding hydrogens is 519 g/mol. The predicted octanol–water partition coefficient (Wildman–Crippen LogP) is 4.84. The summed E-state index contributed by atoms with van der Waals surface area (Å²) in [6.07, 6.45) is 9.02. The van der Waals surface area contributed by atoms with Crippen LogP contribution in [0, 0.1) is 5.82 Å². The molecule has 1 aliphatic heterocycles. The molecule has 0 radical (unpaired) electrons. The van der Waals surface area contributed by atoms with Gasteiger partial charge in [-0.25, -0.2) is 14.4 Å². The first-order valence-corrected chi connectivity index (χ1v) is 14.1. The van der Waals surface area contributed by atoms with E-state index in [9.17, 15) is 9.18 Å². The minimum absolute atomic E-state index is 0.0192. The van der Waals surface area contributed by atoms with E-state index in [0.717, 1.165) is 40.6 Å². The zero-order valence-corrected chi connectivity index (χ0v) is 23.5. The number of carbonyl (C=O) groups excluding carboxylic acids is 1. The number of aromatic nitrogens is 3. The van der Waals surface area contributed by atoms with E-state index in [2.05, 4.69) is 26.5 Å². The molecule has 9 heteroatoms. The smallest absolute Gasteiger partial charge is 0.246 e. The highest BCUT2D eigenvalue weighted by atomic mass is 19.1. The molecule has 212 valence electrons. The van der Waals surface area contributed by atoms with Gasteiger partial charge in [-0.05, 0) is 61.6 Å². The van der Waals surface area contributed by atoms with Gasteiger partial charge in [-0.1, -0.05) is 42.5 Å². The van der Waals surface area contributed by atoms with Crippen molar-refractivity contribution in [2.45, 2.75) is 37.8 Å². The Labute approximate surface area is 239 Å². The largest absolute Gasteiger partial charge is 0.482 e. The van der Waals surface area contributed by atoms with Gasteiger partial charge in [-0.15, -0.1) is 0 Å². The van der Waals surface area contributed by atoms with Crippen molar-refractivity contribution in [1.29, 1.82) is 0 Å². The van der Waals surface area contributed by atoms with Crippen LogP contribution in [-0.4, -0.2) is 70.1 Å². The van der Waals surface area contributed by atoms with E-state index in [1.165, 1.54) is 25.2 Å². The third-order valence-electron chi connectivity index (χ3n) is 8.16. The summed E-state index contributed by atoms with van der Waals surface area (Å²) in [6.45, 7) is 1.99. The van der Waals surface area contributed by atoms with Crippen LogP contribution in [0.15, 0.2) is 67.0 Å². The molecule has 0 bridgehead atoms. The first-order valence-electron chi connectivity index (χ1n) is 14.1. The SMILES string of the molecule is COc1c(-c2ccc(Cc3cccc(F)c3)cc2)c2c(N)ncnc2n1[C@@H]1CCN(C(=O)C=CCN(C)C2CC2)C1. The van der Waals surface area contributed by atoms with E-state index in [-0.39, 0.29) is 17.8 Å². The van der Waals surface area contributed by atoms with Crippen molar-refractivity contribution in [1.82, 2.24) is 24.3 Å². The van der Waals surface area contributed by atoms with Gasteiger partial charge in [-0.3, -0.25) is 14.3 Å². The summed E-state index contributed by atoms with van der Waals surface area (Å²) >= 11 is 0. The van der Waals surface area contributed by atoms with Gasteiger partial charge in [0.2, 0.25) is 11.8 Å². The molecule has 1 aliphatic carbocycles. The number of ether oxygens (including phenoxy) is 1. The number of likely N-dealkylation sites (N-methyl/N-ethyl adjacent to an activating group) is 1. The summed E-state index contributed by atoms with van der Waals surface area (Å²) in [7, 11) is 3.75. The van der Waals surface area contributed by atoms with Crippen molar-refractivity contribution in [2.24, 2.45) is 0 Å². The lowest BCUT2D eigenvalue weighted by molar-refractivity contribution is -0.125. The minimum atomic E-state index is -0.239. The number of nitrogens with zero attached hydrogens (tertiary/aromatic N) is 5. The molecule has 4 aromatic rings. The van der Waals surface area contributed by atoms with Crippen LogP contribution in [0.5, 0.6) is 5.88 Å². The van der Waals surface area contributed by atoms with Gasteiger partial charge >= 0.3 is 0 Å². The van der Waals surface area contributed by atoms with Crippen LogP contribution in [-0.2, 0) is 11.2 Å². The Hall–Kier alpha value is -4.24. The number of carbonyl (C=O) groups is 1. The molecule has 6 rings (SSSR count). The number of likely N-dealkylation sites (tertiary alicyclic amines) is 1. The van der Waals surface area contributed by atoms with E-state index in [1.807, 2.05) is 41.3 Å². The maximum Gasteiger partial charge on any atom is 0.246 e. The van der Waals surface area contributed by atoms with Crippen molar-refractivity contribution in [3.8, 4) is 17.0 Å². The summed E-state index contributed by atoms with van der Waals surface area (Å²) < 4.78 is 21.8. The highest BCUT2D eigenvalue weighted by Crippen LogP contribution is 2.44. The van der Waals surface area contributed by atoms with Gasteiger partial charge in [0.25, 0.3) is 0 Å². The molecule has 1 saturated carbocycles. The van der Waals surface area contributed by atoms with Crippen LogP contribution in [0.3, 0.4) is 0 Å². The second kappa shape index (κ2) is 11.3. The number of methoxy groups -OCH3 is 1. The standard InChI is InChI=1S/C32H35FN6O2/c1-37(25-12-13-25)15-4-7-27(40)38-16-14-26(19-38)39-31-29(30(34)35-20-36-31)28(32(39)41-2)23-10-8-21(9-11-23)17-22-5-3-6-24(33)18-22/h3-11,18,20,25-26H,12-17,19H2,1-2H3,(H2,34,35,36)/t26-/m1/s1. The third kappa shape index (κ3) is 5.54. The minimum Gasteiger partial charge on any atom is -0.482 e. The monoisotopic (exact) mass is 554 g/mol. The molecule has 2 aromatic heterocycles. The highest BCUT2D eigenvalue weighted by Gasteiger charge is 2.33. The molecule has 1 amide bonds. The van der Waals surface area contributed by atoms with Crippen molar-refractivity contribution in [3.63, 3.8) is 0 Å². The molecule has 2 N–H and O–H groups in total. The Morgan fingerprint density at radius 1 is 1.15 bits per heavy atom. The van der Waals surface area contributed by atoms with Crippen LogP contribution < -0.4 is 10.5 Å². The Morgan fingerprint density at radius 2 is 1.95 bits per heavy atom. The van der Waals surface area contributed by atoms with E-state index in [0.29, 0.717) is 42.9 Å². The number of nitrogen functional groups attached to an aromatic ring is 1. The molecule has 3 heterocycles. The number of benzene rings is 2. The van der Waals surface area contributed by atoms with E-state index in [4.69, 9.17) is 10.5 Å². The number of hydrogen-bond acceptors (Lipinski definition) is 6. The van der Waals surface area contributed by atoms with Crippen molar-refractivity contribution < 1.29 is 13.9 Å². The highest BCUT2D eigenvalue weighted by molar-refractivity contribution is 6.04. The second-order valence-electron chi connectivity index (χ2n) is 11.0. The Morgan fingerprint density at radius 3 is 2.68 bits per heavy atom. The molecule has 0 unspecified atom stereocenters. The molecular formula is C32H35FN6O2. The summed E-state index contributed by atoms with van der Waals surface area (Å²) in [6, 6.07) is 15.4. The van der Waals surface area contributed by atoms with Gasteiger partial charge in [0.15, 0.2) is 0 Å². The van der Waals surface area contributed by atoms with Crippen LogP contribution in [0.2, 0.25) is 0 Å². The van der Waals surface area contributed by atoms with Crippen molar-refractivity contribution in [3.05, 3.63) is 84.0 Å². The lowest BCUT2D eigenvalue weighted by atomic mass is 10.00. The Kier molecular flexibility index (Phi) is 7.45. The fraction of sp³-hybridized carbons (Fsp3) is 0.344. The van der Waals surface area contributed by atoms with E-state index >= 15 is 0 Å². The van der Waals surface area contributed by atoms with Crippen molar-refractivity contribution in [2.75, 3.05) is 39.5 Å². The van der Waals surface area contributed by atoms with E-state index < -0.39 is 0 Å². The number of halogens is 1. The summed E-state index contributed by atoms with van der Waals surface area (Å²) in [5.74, 6) is 0.803. The molecule has 1 atom stereocenters. The van der Waals surface area contributed by atoms with Gasteiger partial charge in [0.05, 0.1) is 24.1 Å². The van der Waals surface area contributed by atoms with Crippen LogP contribution >= 0.6 is 0 Å². The van der Waals surface area contributed by atoms with Crippen LogP contribution in [0.4, 0.5) is 10.2 Å². The molecule has 1 saturated heterocycles. The van der Waals surface area contributed by atoms with E-state index in [1.54, 1.807) is 25.3 Å². The molecule has 0 spiro atoms. The Balaban J connectivity index is 1.27. The first kappa shape index (κ1) is 27.0. The van der Waals surface area contributed by atoms with Crippen LogP contribution in [0.25, 0.3) is 22.2 Å². The van der Waals surface area contributed by atoms with Crippen LogP contribution in [0.1, 0.15) is 36.4 Å². The van der Waals surface area contributed by atoms with Gasteiger partial charge in [-0.2, -0.15) is 0 Å². The number of rotatable bonds is 9. The maximum absolute atomic E-state index is 13.7. The fourth-order valence-electron chi connectivity index (χ4n) is 5.86. The average Bonchev–Trinajstić information content (AvgIpc) is 3.61. The predicted molar refractivity (Wildman–Crippen MR) is 158 cm³/mol. The normalized spacial score (nSPS) is 17.3. The molecule has 2 fully saturated rings. The average molecular weight is 555 g/mol. The lowest BCUT2D eigenvalue weighted by Gasteiger charge is -2.18. The first-order chi connectivity index (χ1) is 19.9. The zero-order chi connectivity index (χ0) is 28.5. The number of nitrogens with two attached hydrogens (primary N) is 1. The quantitative estimate of drug-likeness (QED) is 0.298. The number of amides is 1. The van der Waals surface area contributed by atoms with Crippen molar-refractivity contribution >= 4 is 22.8 Å². The fourth-order valence-corrected chi connectivity index (χ4v) is 5.86. The van der Waals surface area contributed by atoms with Gasteiger partial charge < -0.3 is 15.4 Å². The maximum atomic E-state index is 13.7. The number of anilines is 1. The Bertz CT molecular complexity index is 1590. The molecule has 8 nitrogen and oxygen atoms in total. The summed E-state index contributed by atoms with van der Waals surface area (Å²) in [5.41, 5.74) is 10.8. The van der Waals surface area contributed by atoms with Gasteiger partial charge in [0, 0.05) is 31.8 Å². The molecule has 2 aromatic carbocycles. The van der Waals surface area contributed by atoms with Gasteiger partial charge in [0.1, 0.15) is 23.6 Å².